The van der Waals surface area contributed by atoms with Crippen LogP contribution >= 0.6 is 0 Å². The van der Waals surface area contributed by atoms with Crippen molar-refractivity contribution in [3.05, 3.63) is 35.4 Å². The highest BCUT2D eigenvalue weighted by Crippen LogP contribution is 2.22. The van der Waals surface area contributed by atoms with Gasteiger partial charge in [0.15, 0.2) is 5.69 Å². The number of hydrogen-bond donors (Lipinski definition) is 0. The average molecular weight is 242 g/mol. The molecule has 0 spiro atoms. The van der Waals surface area contributed by atoms with Crippen LogP contribution in [-0.2, 0) is 6.54 Å². The molecule has 94 valence electrons. The van der Waals surface area contributed by atoms with E-state index < -0.39 is 0 Å². The molecular formula is C14H18N4. The van der Waals surface area contributed by atoms with E-state index in [-0.39, 0.29) is 0 Å². The second-order valence-corrected chi connectivity index (χ2v) is 4.75. The van der Waals surface area contributed by atoms with Crippen LogP contribution in [0.15, 0.2) is 18.2 Å². The van der Waals surface area contributed by atoms with Crippen molar-refractivity contribution >= 4 is 16.7 Å². The Morgan fingerprint density at radius 1 is 1.39 bits per heavy atom. The summed E-state index contributed by atoms with van der Waals surface area (Å²) in [6, 6.07) is 5.72. The molecule has 1 heterocycles. The SMILES string of the molecule is [C-]#[N+]c1ccc2c(c1)nc(C)n2CCCN(C)C. The predicted octanol–water partition coefficient (Wildman–Crippen LogP) is 2.85. The molecule has 1 aromatic carbocycles. The minimum atomic E-state index is 0.653. The zero-order valence-corrected chi connectivity index (χ0v) is 11.1. The summed E-state index contributed by atoms with van der Waals surface area (Å²) in [6.45, 7) is 11.1. The maximum Gasteiger partial charge on any atom is 0.189 e. The summed E-state index contributed by atoms with van der Waals surface area (Å²) in [4.78, 5) is 10.2. The van der Waals surface area contributed by atoms with Crippen molar-refractivity contribution in [2.75, 3.05) is 20.6 Å². The normalized spacial score (nSPS) is 11.1. The molecule has 4 nitrogen and oxygen atoms in total. The molecule has 18 heavy (non-hydrogen) atoms. The molecule has 4 heteroatoms. The van der Waals surface area contributed by atoms with E-state index in [9.17, 15) is 0 Å². The van der Waals surface area contributed by atoms with Crippen LogP contribution in [0.5, 0.6) is 0 Å². The van der Waals surface area contributed by atoms with Gasteiger partial charge < -0.3 is 9.47 Å². The number of aryl methyl sites for hydroxylation is 2. The Morgan fingerprint density at radius 3 is 2.83 bits per heavy atom. The minimum Gasteiger partial charge on any atom is -0.328 e. The van der Waals surface area contributed by atoms with Crippen molar-refractivity contribution in [1.82, 2.24) is 14.5 Å². The van der Waals surface area contributed by atoms with Gasteiger partial charge in [0, 0.05) is 6.54 Å². The van der Waals surface area contributed by atoms with Gasteiger partial charge in [-0.1, -0.05) is 6.07 Å². The van der Waals surface area contributed by atoms with Crippen LogP contribution in [0.1, 0.15) is 12.2 Å². The summed E-state index contributed by atoms with van der Waals surface area (Å²) >= 11 is 0. The Kier molecular flexibility index (Phi) is 3.63. The van der Waals surface area contributed by atoms with Gasteiger partial charge in [-0.05, 0) is 46.1 Å². The summed E-state index contributed by atoms with van der Waals surface area (Å²) in [5.41, 5.74) is 2.70. The molecular weight excluding hydrogens is 224 g/mol. The maximum absolute atomic E-state index is 7.02. The van der Waals surface area contributed by atoms with Crippen LogP contribution in [0, 0.1) is 13.5 Å². The second kappa shape index (κ2) is 5.19. The molecule has 0 atom stereocenters. The smallest absolute Gasteiger partial charge is 0.189 e. The molecule has 0 N–H and O–H groups in total. The molecule has 0 saturated heterocycles. The molecule has 0 fully saturated rings. The van der Waals surface area contributed by atoms with Gasteiger partial charge in [-0.3, -0.25) is 0 Å². The van der Waals surface area contributed by atoms with E-state index in [1.165, 1.54) is 0 Å². The third kappa shape index (κ3) is 2.52. The van der Waals surface area contributed by atoms with Crippen LogP contribution in [0.3, 0.4) is 0 Å². The number of benzene rings is 1. The Morgan fingerprint density at radius 2 is 2.17 bits per heavy atom. The molecule has 2 rings (SSSR count). The third-order valence-electron chi connectivity index (χ3n) is 3.04. The fourth-order valence-electron chi connectivity index (χ4n) is 2.14. The molecule has 0 radical (unpaired) electrons. The first-order valence-corrected chi connectivity index (χ1v) is 6.11. The van der Waals surface area contributed by atoms with Crippen molar-refractivity contribution in [2.45, 2.75) is 19.9 Å². The lowest BCUT2D eigenvalue weighted by Crippen LogP contribution is -2.15. The topological polar surface area (TPSA) is 25.4 Å². The fraction of sp³-hybridized carbons (Fsp3) is 0.429. The largest absolute Gasteiger partial charge is 0.328 e. The second-order valence-electron chi connectivity index (χ2n) is 4.75. The van der Waals surface area contributed by atoms with Crippen molar-refractivity contribution < 1.29 is 0 Å². The van der Waals surface area contributed by atoms with E-state index in [1.807, 2.05) is 25.1 Å². The zero-order valence-electron chi connectivity index (χ0n) is 11.1. The minimum absolute atomic E-state index is 0.653. The van der Waals surface area contributed by atoms with Crippen LogP contribution in [0.2, 0.25) is 0 Å². The molecule has 0 aliphatic carbocycles. The number of aromatic nitrogens is 2. The standard InChI is InChI=1S/C14H18N4/c1-11-16-13-10-12(15-2)6-7-14(13)18(11)9-5-8-17(3)4/h6-7,10H,5,8-9H2,1,3-4H3. The molecule has 0 aliphatic rings. The number of nitrogens with zero attached hydrogens (tertiary/aromatic N) is 4. The first kappa shape index (κ1) is 12.6. The monoisotopic (exact) mass is 242 g/mol. The predicted molar refractivity (Wildman–Crippen MR) is 73.9 cm³/mol. The highest BCUT2D eigenvalue weighted by molar-refractivity contribution is 5.80. The zero-order chi connectivity index (χ0) is 13.1. The fourth-order valence-corrected chi connectivity index (χ4v) is 2.14. The number of hydrogen-bond acceptors (Lipinski definition) is 2. The van der Waals surface area contributed by atoms with Gasteiger partial charge in [0.1, 0.15) is 5.82 Å². The van der Waals surface area contributed by atoms with E-state index in [2.05, 4.69) is 33.4 Å². The quantitative estimate of drug-likeness (QED) is 0.770. The maximum atomic E-state index is 7.02. The molecule has 0 aliphatic heterocycles. The van der Waals surface area contributed by atoms with Crippen LogP contribution < -0.4 is 0 Å². The van der Waals surface area contributed by atoms with Gasteiger partial charge >= 0.3 is 0 Å². The van der Waals surface area contributed by atoms with Gasteiger partial charge in [-0.2, -0.15) is 0 Å². The van der Waals surface area contributed by atoms with Gasteiger partial charge in [-0.15, -0.1) is 0 Å². The van der Waals surface area contributed by atoms with Gasteiger partial charge in [0.25, 0.3) is 0 Å². The van der Waals surface area contributed by atoms with Crippen molar-refractivity contribution in [3.8, 4) is 0 Å². The highest BCUT2D eigenvalue weighted by Gasteiger charge is 2.07. The van der Waals surface area contributed by atoms with Crippen LogP contribution in [0.25, 0.3) is 15.9 Å². The van der Waals surface area contributed by atoms with Crippen LogP contribution in [0.4, 0.5) is 5.69 Å². The number of fused-ring (bicyclic) bond motifs is 1. The Bertz CT molecular complexity index is 590. The lowest BCUT2D eigenvalue weighted by molar-refractivity contribution is 0.387. The van der Waals surface area contributed by atoms with E-state index in [0.29, 0.717) is 5.69 Å². The van der Waals surface area contributed by atoms with E-state index in [4.69, 9.17) is 6.57 Å². The van der Waals surface area contributed by atoms with E-state index in [0.717, 1.165) is 36.4 Å². The molecule has 0 saturated carbocycles. The van der Waals surface area contributed by atoms with Gasteiger partial charge in [-0.25, -0.2) is 9.83 Å². The first-order chi connectivity index (χ1) is 8.61. The van der Waals surface area contributed by atoms with Gasteiger partial charge in [0.2, 0.25) is 0 Å². The lowest BCUT2D eigenvalue weighted by Gasteiger charge is -2.11. The first-order valence-electron chi connectivity index (χ1n) is 6.11. The lowest BCUT2D eigenvalue weighted by atomic mass is 10.2. The van der Waals surface area contributed by atoms with E-state index >= 15 is 0 Å². The Labute approximate surface area is 108 Å². The third-order valence-corrected chi connectivity index (χ3v) is 3.04. The van der Waals surface area contributed by atoms with Crippen LogP contribution in [-0.4, -0.2) is 35.1 Å². The van der Waals surface area contributed by atoms with E-state index in [1.54, 1.807) is 0 Å². The average Bonchev–Trinajstić information content (AvgIpc) is 2.64. The van der Waals surface area contributed by atoms with Crippen molar-refractivity contribution in [2.24, 2.45) is 0 Å². The summed E-state index contributed by atoms with van der Waals surface area (Å²) < 4.78 is 2.23. The summed E-state index contributed by atoms with van der Waals surface area (Å²) in [5, 5.41) is 0. The molecule has 0 amide bonds. The molecule has 1 aromatic heterocycles. The summed E-state index contributed by atoms with van der Waals surface area (Å²) in [7, 11) is 4.17. The van der Waals surface area contributed by atoms with Gasteiger partial charge in [0.05, 0.1) is 17.6 Å². The molecule has 0 bridgehead atoms. The Hall–Kier alpha value is -1.86. The molecule has 0 unspecified atom stereocenters. The van der Waals surface area contributed by atoms with Crippen molar-refractivity contribution in [1.29, 1.82) is 0 Å². The molecule has 2 aromatic rings. The number of imidazole rings is 1. The summed E-state index contributed by atoms with van der Waals surface area (Å²) in [5.74, 6) is 1.02. The highest BCUT2D eigenvalue weighted by atomic mass is 15.1. The number of rotatable bonds is 4. The van der Waals surface area contributed by atoms with Crippen molar-refractivity contribution in [3.63, 3.8) is 0 Å². The Balaban J connectivity index is 2.28. The summed E-state index contributed by atoms with van der Waals surface area (Å²) in [6.07, 6.45) is 1.10.